The number of carboxylic acids is 1. The van der Waals surface area contributed by atoms with E-state index < -0.39 is 5.97 Å². The summed E-state index contributed by atoms with van der Waals surface area (Å²) in [5, 5.41) is 9.42. The second-order valence-corrected chi connectivity index (χ2v) is 4.84. The fourth-order valence-electron chi connectivity index (χ4n) is 1.08. The predicted octanol–water partition coefficient (Wildman–Crippen LogP) is 2.21. The minimum absolute atomic E-state index is 0.379. The zero-order valence-corrected chi connectivity index (χ0v) is 10.8. The van der Waals surface area contributed by atoms with Crippen molar-refractivity contribution in [3.8, 4) is 0 Å². The van der Waals surface area contributed by atoms with Crippen LogP contribution in [0.4, 0.5) is 0 Å². The molecule has 1 rings (SSSR count). The minimum Gasteiger partial charge on any atom is -0.481 e. The highest BCUT2D eigenvalue weighted by Crippen LogP contribution is 2.19. The summed E-state index contributed by atoms with van der Waals surface area (Å²) in [6.45, 7) is 7.55. The standard InChI is InChI=1S/C11H16N2O2S/c1-6(10(14)15)5-16-11-12-8(3)7(2)9(4)13-11/h6H,5H2,1-4H3,(H,14,15). The Labute approximate surface area is 99.5 Å². The third-order valence-electron chi connectivity index (χ3n) is 2.50. The summed E-state index contributed by atoms with van der Waals surface area (Å²) >= 11 is 1.39. The maximum absolute atomic E-state index is 10.7. The number of aliphatic carboxylic acids is 1. The minimum atomic E-state index is -0.784. The highest BCUT2D eigenvalue weighted by molar-refractivity contribution is 7.99. The van der Waals surface area contributed by atoms with E-state index in [4.69, 9.17) is 5.11 Å². The Balaban J connectivity index is 2.72. The Morgan fingerprint density at radius 3 is 2.25 bits per heavy atom. The second kappa shape index (κ2) is 5.30. The monoisotopic (exact) mass is 240 g/mol. The van der Waals surface area contributed by atoms with Crippen LogP contribution in [0.5, 0.6) is 0 Å². The second-order valence-electron chi connectivity index (χ2n) is 3.85. The molecule has 1 aromatic rings. The lowest BCUT2D eigenvalue weighted by atomic mass is 10.2. The van der Waals surface area contributed by atoms with Crippen molar-refractivity contribution in [2.75, 3.05) is 5.75 Å². The predicted molar refractivity (Wildman–Crippen MR) is 63.8 cm³/mol. The molecule has 0 aliphatic heterocycles. The number of rotatable bonds is 4. The lowest BCUT2D eigenvalue weighted by molar-refractivity contribution is -0.140. The zero-order chi connectivity index (χ0) is 12.3. The van der Waals surface area contributed by atoms with Gasteiger partial charge in [0.2, 0.25) is 0 Å². The smallest absolute Gasteiger partial charge is 0.307 e. The summed E-state index contributed by atoms with van der Waals surface area (Å²) in [5.74, 6) is -0.666. The van der Waals surface area contributed by atoms with Crippen molar-refractivity contribution < 1.29 is 9.90 Å². The average Bonchev–Trinajstić information content (AvgIpc) is 2.22. The van der Waals surface area contributed by atoms with E-state index >= 15 is 0 Å². The van der Waals surface area contributed by atoms with Gasteiger partial charge in [-0.05, 0) is 26.3 Å². The number of hydrogen-bond donors (Lipinski definition) is 1. The van der Waals surface area contributed by atoms with Crippen LogP contribution in [0.1, 0.15) is 23.9 Å². The van der Waals surface area contributed by atoms with Crippen LogP contribution in [0.15, 0.2) is 5.16 Å². The number of aryl methyl sites for hydroxylation is 2. The quantitative estimate of drug-likeness (QED) is 0.645. The molecule has 1 heterocycles. The summed E-state index contributed by atoms with van der Waals surface area (Å²) in [7, 11) is 0. The number of carboxylic acid groups (broad SMARTS) is 1. The van der Waals surface area contributed by atoms with Gasteiger partial charge in [0.25, 0.3) is 0 Å². The largest absolute Gasteiger partial charge is 0.481 e. The Bertz CT molecular complexity index is 384. The van der Waals surface area contributed by atoms with E-state index in [0.717, 1.165) is 17.0 Å². The zero-order valence-electron chi connectivity index (χ0n) is 9.94. The molecule has 4 nitrogen and oxygen atoms in total. The molecule has 0 bridgehead atoms. The first-order valence-electron chi connectivity index (χ1n) is 5.09. The maximum Gasteiger partial charge on any atom is 0.307 e. The van der Waals surface area contributed by atoms with Crippen molar-refractivity contribution in [3.63, 3.8) is 0 Å². The van der Waals surface area contributed by atoms with Crippen molar-refractivity contribution in [2.45, 2.75) is 32.9 Å². The highest BCUT2D eigenvalue weighted by atomic mass is 32.2. The molecule has 1 unspecified atom stereocenters. The van der Waals surface area contributed by atoms with Crippen LogP contribution in [0, 0.1) is 26.7 Å². The van der Waals surface area contributed by atoms with Crippen LogP contribution in [-0.4, -0.2) is 26.8 Å². The highest BCUT2D eigenvalue weighted by Gasteiger charge is 2.13. The molecular formula is C11H16N2O2S. The van der Waals surface area contributed by atoms with Crippen LogP contribution in [0.2, 0.25) is 0 Å². The molecule has 1 aromatic heterocycles. The molecule has 0 aliphatic carbocycles. The van der Waals surface area contributed by atoms with Gasteiger partial charge in [0.15, 0.2) is 5.16 Å². The third-order valence-corrected chi connectivity index (χ3v) is 3.60. The van der Waals surface area contributed by atoms with Gasteiger partial charge in [-0.25, -0.2) is 9.97 Å². The van der Waals surface area contributed by atoms with Crippen molar-refractivity contribution in [1.29, 1.82) is 0 Å². The normalized spacial score (nSPS) is 12.5. The molecule has 0 aromatic carbocycles. The molecule has 16 heavy (non-hydrogen) atoms. The first-order valence-corrected chi connectivity index (χ1v) is 6.07. The molecule has 1 N–H and O–H groups in total. The number of nitrogens with zero attached hydrogens (tertiary/aromatic N) is 2. The van der Waals surface area contributed by atoms with E-state index in [1.54, 1.807) is 6.92 Å². The van der Waals surface area contributed by atoms with E-state index in [-0.39, 0.29) is 5.92 Å². The first-order chi connectivity index (χ1) is 7.41. The number of thioether (sulfide) groups is 1. The van der Waals surface area contributed by atoms with Gasteiger partial charge in [0.1, 0.15) is 0 Å². The van der Waals surface area contributed by atoms with Crippen LogP contribution in [-0.2, 0) is 4.79 Å². The molecule has 0 fully saturated rings. The SMILES string of the molecule is Cc1nc(SCC(C)C(=O)O)nc(C)c1C. The Hall–Kier alpha value is -1.10. The van der Waals surface area contributed by atoms with E-state index in [1.807, 2.05) is 20.8 Å². The van der Waals surface area contributed by atoms with Gasteiger partial charge >= 0.3 is 5.97 Å². The summed E-state index contributed by atoms with van der Waals surface area (Å²) in [6.07, 6.45) is 0. The van der Waals surface area contributed by atoms with E-state index in [0.29, 0.717) is 10.9 Å². The molecule has 0 saturated carbocycles. The van der Waals surface area contributed by atoms with Crippen molar-refractivity contribution in [1.82, 2.24) is 9.97 Å². The summed E-state index contributed by atoms with van der Waals surface area (Å²) < 4.78 is 0. The van der Waals surface area contributed by atoms with Gasteiger partial charge in [-0.15, -0.1) is 0 Å². The molecule has 0 spiro atoms. The van der Waals surface area contributed by atoms with Crippen LogP contribution in [0.3, 0.4) is 0 Å². The number of hydrogen-bond acceptors (Lipinski definition) is 4. The third kappa shape index (κ3) is 3.20. The average molecular weight is 240 g/mol. The fourth-order valence-corrected chi connectivity index (χ4v) is 2.02. The van der Waals surface area contributed by atoms with E-state index in [2.05, 4.69) is 9.97 Å². The van der Waals surface area contributed by atoms with Crippen molar-refractivity contribution in [2.24, 2.45) is 5.92 Å². The summed E-state index contributed by atoms with van der Waals surface area (Å²) in [6, 6.07) is 0. The molecular weight excluding hydrogens is 224 g/mol. The number of aromatic nitrogens is 2. The van der Waals surface area contributed by atoms with E-state index in [9.17, 15) is 4.79 Å². The Kier molecular flexibility index (Phi) is 4.29. The molecule has 0 aliphatic rings. The van der Waals surface area contributed by atoms with Crippen LogP contribution < -0.4 is 0 Å². The van der Waals surface area contributed by atoms with E-state index in [1.165, 1.54) is 11.8 Å². The first kappa shape index (κ1) is 13.0. The van der Waals surface area contributed by atoms with Crippen LogP contribution in [0.25, 0.3) is 0 Å². The molecule has 1 atom stereocenters. The summed E-state index contributed by atoms with van der Waals surface area (Å²) in [4.78, 5) is 19.3. The van der Waals surface area contributed by atoms with Gasteiger partial charge in [-0.2, -0.15) is 0 Å². The Morgan fingerprint density at radius 1 is 1.31 bits per heavy atom. The molecule has 0 saturated heterocycles. The van der Waals surface area contributed by atoms with Gasteiger partial charge in [0, 0.05) is 17.1 Å². The summed E-state index contributed by atoms with van der Waals surface area (Å²) in [5.41, 5.74) is 3.01. The Morgan fingerprint density at radius 2 is 1.81 bits per heavy atom. The van der Waals surface area contributed by atoms with Crippen LogP contribution >= 0.6 is 11.8 Å². The van der Waals surface area contributed by atoms with Gasteiger partial charge < -0.3 is 5.11 Å². The van der Waals surface area contributed by atoms with Gasteiger partial charge in [-0.1, -0.05) is 18.7 Å². The maximum atomic E-state index is 10.7. The van der Waals surface area contributed by atoms with Gasteiger partial charge in [-0.3, -0.25) is 4.79 Å². The van der Waals surface area contributed by atoms with Crippen molar-refractivity contribution in [3.05, 3.63) is 17.0 Å². The lowest BCUT2D eigenvalue weighted by Gasteiger charge is -2.08. The number of carbonyl (C=O) groups is 1. The fraction of sp³-hybridized carbons (Fsp3) is 0.545. The molecule has 88 valence electrons. The molecule has 0 amide bonds. The molecule has 0 radical (unpaired) electrons. The molecule has 5 heteroatoms. The van der Waals surface area contributed by atoms with Crippen molar-refractivity contribution >= 4 is 17.7 Å². The lowest BCUT2D eigenvalue weighted by Crippen LogP contribution is -2.12. The topological polar surface area (TPSA) is 63.1 Å². The van der Waals surface area contributed by atoms with Gasteiger partial charge in [0.05, 0.1) is 5.92 Å².